The van der Waals surface area contributed by atoms with Gasteiger partial charge in [-0.05, 0) is 24.3 Å². The van der Waals surface area contributed by atoms with Crippen LogP contribution in [0.15, 0.2) is 29.7 Å². The molecule has 5 N–H and O–H groups in total. The minimum Gasteiger partial charge on any atom is -0.369 e. The number of nitrogens with zero attached hydrogens (tertiary/aromatic N) is 5. The van der Waals surface area contributed by atoms with Crippen LogP contribution < -0.4 is 16.6 Å². The van der Waals surface area contributed by atoms with Crippen LogP contribution in [-0.4, -0.2) is 84.3 Å². The highest BCUT2D eigenvalue weighted by molar-refractivity contribution is 8.44. The first-order valence-corrected chi connectivity index (χ1v) is 17.7. The van der Waals surface area contributed by atoms with E-state index in [-0.39, 0.29) is 23.5 Å². The van der Waals surface area contributed by atoms with Crippen molar-refractivity contribution in [3.63, 3.8) is 0 Å². The van der Waals surface area contributed by atoms with Crippen LogP contribution in [-0.2, 0) is 39.2 Å². The number of thiol groups is 1. The molecule has 22 heteroatoms. The van der Waals surface area contributed by atoms with Crippen molar-refractivity contribution in [2.45, 2.75) is 49.3 Å². The third kappa shape index (κ3) is 5.97. The molecule has 0 aromatic carbocycles. The Kier molecular flexibility index (Phi) is 8.14. The average molecular weight is 669 g/mol. The van der Waals surface area contributed by atoms with Gasteiger partial charge in [0.15, 0.2) is 23.6 Å². The van der Waals surface area contributed by atoms with Crippen LogP contribution >= 0.6 is 25.8 Å². The molecule has 16 nitrogen and oxygen atoms in total. The molecule has 42 heavy (non-hydrogen) atoms. The highest BCUT2D eigenvalue weighted by atomic mass is 32.7. The number of nitrogens with one attached hydrogen (secondary N) is 2. The monoisotopic (exact) mass is 668 g/mol. The van der Waals surface area contributed by atoms with Gasteiger partial charge in [0.1, 0.15) is 36.6 Å². The Morgan fingerprint density at radius 3 is 2.79 bits per heavy atom. The van der Waals surface area contributed by atoms with Crippen LogP contribution in [0.2, 0.25) is 0 Å². The first kappa shape index (κ1) is 29.9. The van der Waals surface area contributed by atoms with Gasteiger partial charge in [-0.1, -0.05) is 12.2 Å². The number of aromatic amines is 1. The summed E-state index contributed by atoms with van der Waals surface area (Å²) in [4.78, 5) is 41.2. The molecule has 2 saturated heterocycles. The van der Waals surface area contributed by atoms with E-state index >= 15 is 8.78 Å². The molecule has 1 aliphatic carbocycles. The number of aromatic nitrogens is 6. The molecule has 0 spiro atoms. The van der Waals surface area contributed by atoms with Crippen LogP contribution in [0.1, 0.15) is 12.6 Å². The van der Waals surface area contributed by atoms with Gasteiger partial charge in [0.05, 0.1) is 25.6 Å². The number of halogens is 2. The van der Waals surface area contributed by atoms with E-state index in [0.717, 1.165) is 6.33 Å². The lowest BCUT2D eigenvalue weighted by Gasteiger charge is -2.28. The van der Waals surface area contributed by atoms with Gasteiger partial charge in [-0.25, -0.2) is 28.3 Å². The van der Waals surface area contributed by atoms with Gasteiger partial charge < -0.3 is 34.3 Å². The number of hydrogen-bond acceptors (Lipinski definition) is 14. The molecule has 3 aliphatic rings. The van der Waals surface area contributed by atoms with E-state index in [1.165, 1.54) is 23.2 Å². The fourth-order valence-electron chi connectivity index (χ4n) is 5.11. The number of nitrogens with two attached hydrogens (primary N) is 1. The summed E-state index contributed by atoms with van der Waals surface area (Å²) in [6.45, 7) is -9.61. The maximum absolute atomic E-state index is 15.8. The van der Waals surface area contributed by atoms with E-state index in [1.54, 1.807) is 0 Å². The number of imidazole rings is 1. The van der Waals surface area contributed by atoms with Crippen molar-refractivity contribution in [2.75, 3.05) is 24.3 Å². The zero-order valence-electron chi connectivity index (χ0n) is 21.2. The molecule has 3 fully saturated rings. The number of nitrogen functional groups attached to an aromatic ring is 1. The lowest BCUT2D eigenvalue weighted by molar-refractivity contribution is -0.0495. The number of rotatable bonds is 3. The topological polar surface area (TPSA) is 211 Å². The Labute approximate surface area is 245 Å². The molecule has 5 heterocycles. The molecule has 1 saturated carbocycles. The Bertz CT molecular complexity index is 1620. The molecule has 3 aromatic rings. The van der Waals surface area contributed by atoms with E-state index in [9.17, 15) is 14.3 Å². The van der Waals surface area contributed by atoms with Gasteiger partial charge in [0.25, 0.3) is 5.56 Å². The largest absolute Gasteiger partial charge is 0.386 e. The zero-order valence-corrected chi connectivity index (χ0v) is 24.7. The van der Waals surface area contributed by atoms with Crippen molar-refractivity contribution in [1.82, 2.24) is 29.5 Å². The maximum Gasteiger partial charge on any atom is 0.386 e. The normalized spacial score (nSPS) is 39.2. The highest BCUT2D eigenvalue weighted by Gasteiger charge is 2.53. The smallest absolute Gasteiger partial charge is 0.369 e. The zero-order chi connectivity index (χ0) is 29.8. The van der Waals surface area contributed by atoms with E-state index in [0.29, 0.717) is 5.82 Å². The van der Waals surface area contributed by atoms with Crippen molar-refractivity contribution in [2.24, 2.45) is 5.92 Å². The Hall–Kier alpha value is -2.12. The van der Waals surface area contributed by atoms with Gasteiger partial charge in [-0.15, -0.1) is 0 Å². The molecule has 2 bridgehead atoms. The Morgan fingerprint density at radius 2 is 2.02 bits per heavy atom. The third-order valence-corrected chi connectivity index (χ3v) is 10.2. The number of hydrogen-bond donors (Lipinski definition) is 5. The quantitative estimate of drug-likeness (QED) is 0.198. The summed E-state index contributed by atoms with van der Waals surface area (Å²) in [6.07, 6.45) is -5.68. The molecule has 3 aromatic heterocycles. The van der Waals surface area contributed by atoms with E-state index in [2.05, 4.69) is 42.5 Å². The molecule has 0 amide bonds. The summed E-state index contributed by atoms with van der Waals surface area (Å²) in [7, 11) is 0. The number of H-pyrrole nitrogens is 1. The molecule has 2 aliphatic heterocycles. The predicted octanol–water partition coefficient (Wildman–Crippen LogP) is 1.64. The molecule has 228 valence electrons. The predicted molar refractivity (Wildman–Crippen MR) is 149 cm³/mol. The number of anilines is 2. The van der Waals surface area contributed by atoms with Crippen LogP contribution in [0, 0.1) is 5.92 Å². The second-order valence-electron chi connectivity index (χ2n) is 9.74. The minimum absolute atomic E-state index is 0.0692. The molecule has 0 radical (unpaired) electrons. The first-order valence-electron chi connectivity index (χ1n) is 12.4. The summed E-state index contributed by atoms with van der Waals surface area (Å²) < 4.78 is 73.7. The van der Waals surface area contributed by atoms with Gasteiger partial charge in [0, 0.05) is 12.1 Å². The standard InChI is InChI=1S/C20H24F2N8O8P2S2/c21-12-9(27-11-1-2-24-6-25-11)3-8-4-34-39(32,41)38-16-13(22)10(5-35-40(33,42)37-15(8)12)36-19(16)30-7-26-14-17(30)28-20(23)29-18(14)31/h1-2,6-10,12-13,15-16,19H,3-5H2,(H,32,41)(H,33,42)(H,24,25,27)(H3,23,28,29,31)/t8-,9-,10-,12+,13-,15-,16-,19-,39?,40?/m1/s1. The summed E-state index contributed by atoms with van der Waals surface area (Å²) in [5.41, 5.74) is 4.82. The molecule has 2 unspecified atom stereocenters. The van der Waals surface area contributed by atoms with Crippen LogP contribution in [0.3, 0.4) is 0 Å². The van der Waals surface area contributed by atoms with Crippen LogP contribution in [0.25, 0.3) is 11.2 Å². The van der Waals surface area contributed by atoms with Crippen LogP contribution in [0.5, 0.6) is 0 Å². The first-order chi connectivity index (χ1) is 19.9. The second kappa shape index (κ2) is 11.4. The molecular formula is C20H24F2N8O8P2S2. The number of ether oxygens (including phenoxy) is 1. The summed E-state index contributed by atoms with van der Waals surface area (Å²) >= 11 is 9.14. The van der Waals surface area contributed by atoms with Crippen molar-refractivity contribution in [3.05, 3.63) is 35.3 Å². The summed E-state index contributed by atoms with van der Waals surface area (Å²) in [6, 6.07) is 0.676. The fourth-order valence-corrected chi connectivity index (χ4v) is 8.08. The third-order valence-electron chi connectivity index (χ3n) is 6.99. The highest BCUT2D eigenvalue weighted by Crippen LogP contribution is 2.59. The fraction of sp³-hybridized carbons (Fsp3) is 0.550. The van der Waals surface area contributed by atoms with E-state index < -0.39 is 81.1 Å². The molecule has 6 rings (SSSR count). The van der Waals surface area contributed by atoms with Gasteiger partial charge in [-0.3, -0.25) is 18.9 Å². The summed E-state index contributed by atoms with van der Waals surface area (Å²) in [5, 5.41) is 2.93. The summed E-state index contributed by atoms with van der Waals surface area (Å²) in [5.74, 6) is -0.715. The van der Waals surface area contributed by atoms with Crippen molar-refractivity contribution in [3.8, 4) is 0 Å². The molecular weight excluding hydrogens is 644 g/mol. The lowest BCUT2D eigenvalue weighted by Crippen LogP contribution is -2.34. The van der Waals surface area contributed by atoms with E-state index in [4.69, 9.17) is 40.4 Å². The van der Waals surface area contributed by atoms with E-state index in [1.807, 2.05) is 0 Å². The maximum atomic E-state index is 15.8. The van der Waals surface area contributed by atoms with Gasteiger partial charge in [-0.2, -0.15) is 4.98 Å². The molecule has 10 atom stereocenters. The SMILES string of the molecule is Nc1nc2c(ncn2[C@@H]2O[C@@H]3COP(O)(=S)O[C@@H]4[C@@H](COP(=O)(S)O[C@@H]2[C@@H]3F)C[C@@H](Nc2ccncn2)[C@@H]4F)c(=O)[nH]1. The van der Waals surface area contributed by atoms with Crippen molar-refractivity contribution in [1.29, 1.82) is 0 Å². The van der Waals surface area contributed by atoms with Gasteiger partial charge >= 0.3 is 13.5 Å². The van der Waals surface area contributed by atoms with Crippen LogP contribution in [0.4, 0.5) is 20.5 Å². The lowest BCUT2D eigenvalue weighted by atomic mass is 10.1. The Balaban J connectivity index is 1.29. The average Bonchev–Trinajstić information content (AvgIpc) is 3.57. The second-order valence-corrected chi connectivity index (χ2v) is 15.4. The van der Waals surface area contributed by atoms with Gasteiger partial charge in [0.2, 0.25) is 5.95 Å². The number of alkyl halides is 2. The van der Waals surface area contributed by atoms with Crippen molar-refractivity contribution >= 4 is 60.5 Å². The number of fused-ring (bicyclic) bond motifs is 4. The minimum atomic E-state index is -4.35. The Morgan fingerprint density at radius 1 is 1.21 bits per heavy atom. The van der Waals surface area contributed by atoms with Crippen molar-refractivity contribution < 1.29 is 41.1 Å².